The molecule has 2 N–H and O–H groups in total. The normalized spacial score (nSPS) is 19.7. The van der Waals surface area contributed by atoms with Crippen LogP contribution in [0.15, 0.2) is 60.8 Å². The van der Waals surface area contributed by atoms with Gasteiger partial charge in [0.1, 0.15) is 18.2 Å². The van der Waals surface area contributed by atoms with Crippen LogP contribution in [0.3, 0.4) is 0 Å². The fourth-order valence-corrected chi connectivity index (χ4v) is 3.95. The highest BCUT2D eigenvalue weighted by molar-refractivity contribution is 5.59. The Morgan fingerprint density at radius 2 is 1.81 bits per heavy atom. The van der Waals surface area contributed by atoms with Crippen molar-refractivity contribution in [3.63, 3.8) is 0 Å². The van der Waals surface area contributed by atoms with Crippen LogP contribution in [0.1, 0.15) is 43.0 Å². The van der Waals surface area contributed by atoms with Gasteiger partial charge in [0.15, 0.2) is 0 Å². The van der Waals surface area contributed by atoms with Gasteiger partial charge in [0.25, 0.3) is 0 Å². The first-order chi connectivity index (χ1) is 13.3. The molecule has 4 nitrogen and oxygen atoms in total. The maximum Gasteiger partial charge on any atom is 0.119 e. The smallest absolute Gasteiger partial charge is 0.119 e. The molecule has 2 atom stereocenters. The molecule has 4 heteroatoms. The highest BCUT2D eigenvalue weighted by Crippen LogP contribution is 2.32. The molecule has 0 spiro atoms. The van der Waals surface area contributed by atoms with Gasteiger partial charge in [-0.25, -0.2) is 4.98 Å². The highest BCUT2D eigenvalue weighted by Gasteiger charge is 2.27. The predicted octanol–water partition coefficient (Wildman–Crippen LogP) is 4.90. The fraction of sp³-hybridized carbons (Fsp3) is 0.348. The summed E-state index contributed by atoms with van der Waals surface area (Å²) in [5.74, 6) is 2.46. The summed E-state index contributed by atoms with van der Waals surface area (Å²) in [4.78, 5) is 8.23. The minimum absolute atomic E-state index is 0.478. The Bertz CT molecular complexity index is 842. The zero-order chi connectivity index (χ0) is 18.5. The second-order valence-electron chi connectivity index (χ2n) is 7.27. The van der Waals surface area contributed by atoms with Crippen LogP contribution in [0, 0.1) is 0 Å². The Hall–Kier alpha value is -2.59. The number of nitrogens with zero attached hydrogens (tertiary/aromatic N) is 1. The molecule has 1 heterocycles. The standard InChI is InChI=1S/C23H27N3O/c1-24-21-10-6-5-9-20(21)23-25-15-22(26-23)18-11-13-19(14-12-18)27-16-17-7-3-2-4-8-17/h2-4,7-8,11-15,20-21,24H,5-6,9-10,16H2,1H3,(H,25,26). The first kappa shape index (κ1) is 17.8. The van der Waals surface area contributed by atoms with Gasteiger partial charge >= 0.3 is 0 Å². The zero-order valence-electron chi connectivity index (χ0n) is 15.8. The molecular formula is C23H27N3O. The summed E-state index contributed by atoms with van der Waals surface area (Å²) >= 11 is 0. The maximum absolute atomic E-state index is 5.88. The van der Waals surface area contributed by atoms with E-state index in [2.05, 4.69) is 46.6 Å². The van der Waals surface area contributed by atoms with E-state index in [0.29, 0.717) is 18.6 Å². The molecule has 2 aromatic carbocycles. The van der Waals surface area contributed by atoms with E-state index in [-0.39, 0.29) is 0 Å². The van der Waals surface area contributed by atoms with Crippen molar-refractivity contribution in [3.8, 4) is 17.0 Å². The number of aromatic nitrogens is 2. The summed E-state index contributed by atoms with van der Waals surface area (Å²) in [6, 6.07) is 19.0. The summed E-state index contributed by atoms with van der Waals surface area (Å²) < 4.78 is 5.88. The largest absolute Gasteiger partial charge is 0.489 e. The molecule has 0 saturated heterocycles. The van der Waals surface area contributed by atoms with E-state index in [0.717, 1.165) is 22.8 Å². The predicted molar refractivity (Wildman–Crippen MR) is 109 cm³/mol. The average Bonchev–Trinajstić information content (AvgIpc) is 3.23. The molecule has 1 fully saturated rings. The van der Waals surface area contributed by atoms with Gasteiger partial charge in [0.2, 0.25) is 0 Å². The third kappa shape index (κ3) is 4.22. The number of ether oxygens (including phenoxy) is 1. The van der Waals surface area contributed by atoms with Crippen LogP contribution in [0.25, 0.3) is 11.3 Å². The van der Waals surface area contributed by atoms with Crippen LogP contribution < -0.4 is 10.1 Å². The second kappa shape index (κ2) is 8.40. The van der Waals surface area contributed by atoms with E-state index < -0.39 is 0 Å². The van der Waals surface area contributed by atoms with E-state index in [1.54, 1.807) is 0 Å². The summed E-state index contributed by atoms with van der Waals surface area (Å²) in [5.41, 5.74) is 3.38. The molecule has 1 saturated carbocycles. The molecule has 1 aliphatic rings. The van der Waals surface area contributed by atoms with Crippen LogP contribution in [0.4, 0.5) is 0 Å². The van der Waals surface area contributed by atoms with E-state index in [9.17, 15) is 0 Å². The summed E-state index contributed by atoms with van der Waals surface area (Å²) in [7, 11) is 2.06. The van der Waals surface area contributed by atoms with Crippen LogP contribution in [0.2, 0.25) is 0 Å². The topological polar surface area (TPSA) is 49.9 Å². The van der Waals surface area contributed by atoms with Crippen molar-refractivity contribution in [1.29, 1.82) is 0 Å². The number of likely N-dealkylation sites (N-methyl/N-ethyl adjacent to an activating group) is 1. The van der Waals surface area contributed by atoms with Crippen LogP contribution in [0.5, 0.6) is 5.75 Å². The average molecular weight is 361 g/mol. The highest BCUT2D eigenvalue weighted by atomic mass is 16.5. The first-order valence-corrected chi connectivity index (χ1v) is 9.83. The van der Waals surface area contributed by atoms with Crippen molar-refractivity contribution >= 4 is 0 Å². The summed E-state index contributed by atoms with van der Waals surface area (Å²) in [6.07, 6.45) is 6.97. The molecule has 0 bridgehead atoms. The lowest BCUT2D eigenvalue weighted by Crippen LogP contribution is -2.35. The van der Waals surface area contributed by atoms with Gasteiger partial charge < -0.3 is 15.0 Å². The van der Waals surface area contributed by atoms with Crippen molar-refractivity contribution in [2.75, 3.05) is 7.05 Å². The molecule has 1 aromatic heterocycles. The van der Waals surface area contributed by atoms with E-state index >= 15 is 0 Å². The van der Waals surface area contributed by atoms with E-state index in [1.807, 2.05) is 36.5 Å². The lowest BCUT2D eigenvalue weighted by Gasteiger charge is -2.29. The van der Waals surface area contributed by atoms with Crippen molar-refractivity contribution in [2.45, 2.75) is 44.2 Å². The number of rotatable bonds is 6. The third-order valence-electron chi connectivity index (χ3n) is 5.50. The monoisotopic (exact) mass is 361 g/mol. The van der Waals surface area contributed by atoms with Crippen LogP contribution >= 0.6 is 0 Å². The molecule has 27 heavy (non-hydrogen) atoms. The summed E-state index contributed by atoms with van der Waals surface area (Å²) in [5, 5.41) is 3.46. The zero-order valence-corrected chi connectivity index (χ0v) is 15.8. The molecule has 0 amide bonds. The van der Waals surface area contributed by atoms with Crippen molar-refractivity contribution < 1.29 is 4.74 Å². The Labute approximate surface area is 161 Å². The van der Waals surface area contributed by atoms with Gasteiger partial charge in [0, 0.05) is 12.0 Å². The second-order valence-corrected chi connectivity index (χ2v) is 7.27. The SMILES string of the molecule is CNC1CCCCC1c1ncc(-c2ccc(OCc3ccccc3)cc2)[nH]1. The molecule has 140 valence electrons. The molecule has 0 aliphatic heterocycles. The maximum atomic E-state index is 5.88. The van der Waals surface area contributed by atoms with Crippen molar-refractivity contribution in [2.24, 2.45) is 0 Å². The molecule has 4 rings (SSSR count). The van der Waals surface area contributed by atoms with Gasteiger partial charge in [0.05, 0.1) is 11.9 Å². The Morgan fingerprint density at radius 1 is 1.04 bits per heavy atom. The Balaban J connectivity index is 1.42. The Kier molecular flexibility index (Phi) is 5.54. The number of hydrogen-bond acceptors (Lipinski definition) is 3. The molecule has 2 unspecified atom stereocenters. The number of benzene rings is 2. The molecule has 0 radical (unpaired) electrons. The lowest BCUT2D eigenvalue weighted by molar-refractivity contribution is 0.306. The summed E-state index contributed by atoms with van der Waals surface area (Å²) in [6.45, 7) is 0.585. The number of nitrogens with one attached hydrogen (secondary N) is 2. The Morgan fingerprint density at radius 3 is 2.59 bits per heavy atom. The van der Waals surface area contributed by atoms with Gasteiger partial charge in [-0.15, -0.1) is 0 Å². The quantitative estimate of drug-likeness (QED) is 0.656. The molecule has 1 aliphatic carbocycles. The van der Waals surface area contributed by atoms with Gasteiger partial charge in [-0.1, -0.05) is 43.2 Å². The van der Waals surface area contributed by atoms with Crippen molar-refractivity contribution in [3.05, 3.63) is 72.2 Å². The van der Waals surface area contributed by atoms with E-state index in [4.69, 9.17) is 4.74 Å². The fourth-order valence-electron chi connectivity index (χ4n) is 3.95. The minimum atomic E-state index is 0.478. The number of aromatic amines is 1. The van der Waals surface area contributed by atoms with Gasteiger partial charge in [-0.3, -0.25) is 0 Å². The number of H-pyrrole nitrogens is 1. The lowest BCUT2D eigenvalue weighted by atomic mass is 9.84. The van der Waals surface area contributed by atoms with Gasteiger partial charge in [-0.05, 0) is 55.3 Å². The van der Waals surface area contributed by atoms with Crippen molar-refractivity contribution in [1.82, 2.24) is 15.3 Å². The van der Waals surface area contributed by atoms with Gasteiger partial charge in [-0.2, -0.15) is 0 Å². The van der Waals surface area contributed by atoms with Crippen LogP contribution in [-0.2, 0) is 6.61 Å². The molecular weight excluding hydrogens is 334 g/mol. The number of hydrogen-bond donors (Lipinski definition) is 2. The number of imidazole rings is 1. The minimum Gasteiger partial charge on any atom is -0.489 e. The van der Waals surface area contributed by atoms with E-state index in [1.165, 1.54) is 31.2 Å². The molecule has 3 aromatic rings. The first-order valence-electron chi connectivity index (χ1n) is 9.83. The third-order valence-corrected chi connectivity index (χ3v) is 5.50. The van der Waals surface area contributed by atoms with Crippen LogP contribution in [-0.4, -0.2) is 23.1 Å².